The minimum atomic E-state index is -2.07. The molecule has 0 aliphatic carbocycles. The molecular formula is C38H51N3O6Si. The number of benzene rings is 2. The third kappa shape index (κ3) is 9.24. The third-order valence-electron chi connectivity index (χ3n) is 9.30. The van der Waals surface area contributed by atoms with E-state index in [9.17, 15) is 19.5 Å². The molecular weight excluding hydrogens is 623 g/mol. The van der Waals surface area contributed by atoms with E-state index in [-0.39, 0.29) is 41.2 Å². The highest BCUT2D eigenvalue weighted by Gasteiger charge is 2.41. The van der Waals surface area contributed by atoms with Crippen LogP contribution in [0.4, 0.5) is 4.79 Å². The average Bonchev–Trinajstić information content (AvgIpc) is 3.38. The van der Waals surface area contributed by atoms with Gasteiger partial charge < -0.3 is 24.1 Å². The van der Waals surface area contributed by atoms with Crippen LogP contribution in [0, 0.1) is 0 Å². The number of carboxylic acids is 1. The van der Waals surface area contributed by atoms with Gasteiger partial charge in [-0.1, -0.05) is 51.1 Å². The fourth-order valence-corrected chi connectivity index (χ4v) is 6.80. The van der Waals surface area contributed by atoms with Gasteiger partial charge in [0.2, 0.25) is 8.32 Å². The minimum absolute atomic E-state index is 0.0439. The number of ether oxygens (including phenoxy) is 1. The van der Waals surface area contributed by atoms with Crippen molar-refractivity contribution >= 4 is 26.3 Å². The molecule has 0 spiro atoms. The number of hydrogen-bond donors (Lipinski definition) is 1. The maximum absolute atomic E-state index is 13.7. The number of amides is 2. The van der Waals surface area contributed by atoms with Crippen molar-refractivity contribution in [1.82, 2.24) is 14.8 Å². The van der Waals surface area contributed by atoms with Crippen LogP contribution in [0.1, 0.15) is 91.8 Å². The lowest BCUT2D eigenvalue weighted by Gasteiger charge is -2.37. The highest BCUT2D eigenvalue weighted by Crippen LogP contribution is 2.39. The first-order valence-corrected chi connectivity index (χ1v) is 19.6. The average molecular weight is 674 g/mol. The molecule has 1 aliphatic rings. The quantitative estimate of drug-likeness (QED) is 0.217. The zero-order chi connectivity index (χ0) is 35.4. The lowest BCUT2D eigenvalue weighted by atomic mass is 10.0. The number of carbonyl (C=O) groups is 3. The van der Waals surface area contributed by atoms with E-state index in [1.807, 2.05) is 56.0 Å². The first-order chi connectivity index (χ1) is 22.3. The van der Waals surface area contributed by atoms with E-state index in [0.29, 0.717) is 24.0 Å². The lowest BCUT2D eigenvalue weighted by Crippen LogP contribution is -2.46. The molecule has 1 N–H and O–H groups in total. The summed E-state index contributed by atoms with van der Waals surface area (Å²) in [6, 6.07) is 17.1. The van der Waals surface area contributed by atoms with E-state index in [1.54, 1.807) is 25.4 Å². The number of carbonyl (C=O) groups excluding carboxylic acids is 2. The largest absolute Gasteiger partial charge is 0.543 e. The molecule has 1 fully saturated rings. The van der Waals surface area contributed by atoms with E-state index in [4.69, 9.17) is 9.16 Å². The van der Waals surface area contributed by atoms with Gasteiger partial charge in [0.25, 0.3) is 5.91 Å². The Hall–Kier alpha value is -4.18. The van der Waals surface area contributed by atoms with Crippen LogP contribution in [-0.2, 0) is 24.1 Å². The summed E-state index contributed by atoms with van der Waals surface area (Å²) in [4.78, 5) is 45.7. The number of aromatic carboxylic acids is 1. The van der Waals surface area contributed by atoms with Crippen molar-refractivity contribution in [2.45, 2.75) is 110 Å². The second-order valence-electron chi connectivity index (χ2n) is 15.4. The maximum atomic E-state index is 13.7. The summed E-state index contributed by atoms with van der Waals surface area (Å²) in [5, 5.41) is 9.31. The van der Waals surface area contributed by atoms with Gasteiger partial charge in [-0.05, 0) is 106 Å². The molecule has 48 heavy (non-hydrogen) atoms. The van der Waals surface area contributed by atoms with Gasteiger partial charge in [0.05, 0.1) is 5.56 Å². The molecule has 1 saturated heterocycles. The highest BCUT2D eigenvalue weighted by molar-refractivity contribution is 6.74. The predicted octanol–water partition coefficient (Wildman–Crippen LogP) is 7.99. The summed E-state index contributed by atoms with van der Waals surface area (Å²) in [7, 11) is -0.394. The van der Waals surface area contributed by atoms with Crippen molar-refractivity contribution in [3.63, 3.8) is 0 Å². The first kappa shape index (κ1) is 36.6. The van der Waals surface area contributed by atoms with Gasteiger partial charge in [-0.15, -0.1) is 0 Å². The Labute approximate surface area is 286 Å². The summed E-state index contributed by atoms with van der Waals surface area (Å²) >= 11 is 0. The maximum Gasteiger partial charge on any atom is 0.410 e. The van der Waals surface area contributed by atoms with E-state index in [0.717, 1.165) is 29.7 Å². The zero-order valence-electron chi connectivity index (χ0n) is 29.9. The van der Waals surface area contributed by atoms with Gasteiger partial charge >= 0.3 is 12.1 Å². The second kappa shape index (κ2) is 14.5. The molecule has 1 aliphatic heterocycles. The van der Waals surface area contributed by atoms with Gasteiger partial charge in [-0.3, -0.25) is 9.78 Å². The highest BCUT2D eigenvalue weighted by atomic mass is 28.4. The van der Waals surface area contributed by atoms with Crippen LogP contribution in [0.2, 0.25) is 18.1 Å². The Morgan fingerprint density at radius 3 is 2.12 bits per heavy atom. The monoisotopic (exact) mass is 673 g/mol. The van der Waals surface area contributed by atoms with Crippen LogP contribution in [0.25, 0.3) is 0 Å². The van der Waals surface area contributed by atoms with Crippen molar-refractivity contribution in [1.29, 1.82) is 0 Å². The molecule has 9 nitrogen and oxygen atoms in total. The van der Waals surface area contributed by atoms with Crippen LogP contribution in [0.5, 0.6) is 5.75 Å². The Morgan fingerprint density at radius 1 is 0.896 bits per heavy atom. The molecule has 2 aromatic carbocycles. The molecule has 2 heterocycles. The molecule has 1 aromatic heterocycles. The van der Waals surface area contributed by atoms with Crippen molar-refractivity contribution in [2.75, 3.05) is 7.05 Å². The summed E-state index contributed by atoms with van der Waals surface area (Å²) < 4.78 is 12.7. The Kier molecular flexibility index (Phi) is 11.1. The lowest BCUT2D eigenvalue weighted by molar-refractivity contribution is 0.0146. The summed E-state index contributed by atoms with van der Waals surface area (Å²) in [5.41, 5.74) is 2.73. The fourth-order valence-electron chi connectivity index (χ4n) is 5.74. The van der Waals surface area contributed by atoms with E-state index >= 15 is 0 Å². The van der Waals surface area contributed by atoms with Crippen LogP contribution in [-0.4, -0.2) is 70.9 Å². The van der Waals surface area contributed by atoms with Crippen LogP contribution < -0.4 is 4.43 Å². The van der Waals surface area contributed by atoms with Gasteiger partial charge in [0.1, 0.15) is 11.4 Å². The fraction of sp³-hybridized carbons (Fsp3) is 0.474. The number of para-hydroxylation sites is 1. The van der Waals surface area contributed by atoms with Crippen molar-refractivity contribution in [2.24, 2.45) is 0 Å². The van der Waals surface area contributed by atoms with E-state index in [2.05, 4.69) is 44.9 Å². The Balaban J connectivity index is 1.49. The molecule has 0 saturated carbocycles. The summed E-state index contributed by atoms with van der Waals surface area (Å²) in [5.74, 6) is -0.349. The third-order valence-corrected chi connectivity index (χ3v) is 13.6. The zero-order valence-corrected chi connectivity index (χ0v) is 30.9. The van der Waals surface area contributed by atoms with Gasteiger partial charge in [-0.25, -0.2) is 9.59 Å². The first-order valence-electron chi connectivity index (χ1n) is 16.6. The van der Waals surface area contributed by atoms with Gasteiger partial charge in [0.15, 0.2) is 0 Å². The number of rotatable bonds is 10. The molecule has 2 atom stereocenters. The smallest absolute Gasteiger partial charge is 0.410 e. The van der Waals surface area contributed by atoms with E-state index in [1.165, 1.54) is 17.2 Å². The molecule has 0 bridgehead atoms. The van der Waals surface area contributed by atoms with Crippen molar-refractivity contribution < 1.29 is 28.7 Å². The number of aromatic nitrogens is 1. The van der Waals surface area contributed by atoms with Crippen LogP contribution in [0.15, 0.2) is 67.0 Å². The standard InChI is InChI=1S/C38H51N3O6Si/c1-37(2,3)46-36(45)41-31(18-19-32(41)22-29-12-10-11-13-33(29)47-48(8,9)38(4,5)6)21-26-14-16-28(17-15-26)34(42)40(7)25-27-20-30(35(43)44)24-39-23-27/h10-17,20,23-24,31-32H,18-19,21-22,25H2,1-9H3,(H,43,44)/t31-,32+/m0/s1. The second-order valence-corrected chi connectivity index (χ2v) is 20.1. The van der Waals surface area contributed by atoms with Crippen LogP contribution in [0.3, 0.4) is 0 Å². The normalized spacial score (nSPS) is 16.8. The van der Waals surface area contributed by atoms with E-state index < -0.39 is 19.9 Å². The van der Waals surface area contributed by atoms with Crippen molar-refractivity contribution in [3.8, 4) is 5.75 Å². The van der Waals surface area contributed by atoms with Crippen molar-refractivity contribution in [3.05, 3.63) is 94.8 Å². The summed E-state index contributed by atoms with van der Waals surface area (Å²) in [6.45, 7) is 17.1. The SMILES string of the molecule is CN(Cc1cncc(C(=O)O)c1)C(=O)c1ccc(C[C@@H]2CC[C@H](Cc3ccccc3O[Si](C)(C)C(C)(C)C)N2C(=O)OC(C)(C)C)cc1. The number of pyridine rings is 1. The molecule has 10 heteroatoms. The molecule has 0 radical (unpaired) electrons. The molecule has 4 rings (SSSR count). The Morgan fingerprint density at radius 2 is 1.52 bits per heavy atom. The number of hydrogen-bond acceptors (Lipinski definition) is 6. The van der Waals surface area contributed by atoms with Gasteiger partial charge in [-0.2, -0.15) is 0 Å². The number of nitrogens with zero attached hydrogens (tertiary/aromatic N) is 3. The number of carboxylic acid groups (broad SMARTS) is 1. The molecule has 3 aromatic rings. The minimum Gasteiger partial charge on any atom is -0.543 e. The molecule has 2 amide bonds. The summed E-state index contributed by atoms with van der Waals surface area (Å²) in [6.07, 6.45) is 5.52. The Bertz CT molecular complexity index is 1610. The molecule has 258 valence electrons. The number of likely N-dealkylation sites (tertiary alicyclic amines) is 1. The van der Waals surface area contributed by atoms with Crippen LogP contribution >= 0.6 is 0 Å². The van der Waals surface area contributed by atoms with Gasteiger partial charge in [0, 0.05) is 43.6 Å². The topological polar surface area (TPSA) is 109 Å². The predicted molar refractivity (Wildman–Crippen MR) is 190 cm³/mol. The molecule has 0 unspecified atom stereocenters.